The van der Waals surface area contributed by atoms with Crippen LogP contribution in [0.5, 0.6) is 0 Å². The fourth-order valence-electron chi connectivity index (χ4n) is 3.41. The second kappa shape index (κ2) is 7.49. The van der Waals surface area contributed by atoms with Crippen molar-refractivity contribution in [2.75, 3.05) is 13.6 Å². The number of aromatic amines is 1. The molecule has 4 nitrogen and oxygen atoms in total. The molecule has 1 aliphatic carbocycles. The molecule has 0 spiro atoms. The van der Waals surface area contributed by atoms with Crippen LogP contribution in [0.1, 0.15) is 37.1 Å². The number of aryl methyl sites for hydroxylation is 1. The average Bonchev–Trinajstić information content (AvgIpc) is 2.56. The highest BCUT2D eigenvalue weighted by atomic mass is 32.2. The Labute approximate surface area is 141 Å². The van der Waals surface area contributed by atoms with Crippen LogP contribution in [0.25, 0.3) is 10.9 Å². The molecule has 5 heteroatoms. The van der Waals surface area contributed by atoms with Crippen LogP contribution in [0.4, 0.5) is 0 Å². The summed E-state index contributed by atoms with van der Waals surface area (Å²) in [6.07, 6.45) is 5.15. The molecule has 1 aromatic heterocycles. The molecule has 2 N–H and O–H groups in total. The van der Waals surface area contributed by atoms with Crippen LogP contribution < -0.4 is 10.9 Å². The van der Waals surface area contributed by atoms with E-state index in [0.29, 0.717) is 10.6 Å². The number of nitrogens with one attached hydrogen (secondary N) is 2. The van der Waals surface area contributed by atoms with E-state index in [1.165, 1.54) is 25.7 Å². The quantitative estimate of drug-likeness (QED) is 0.883. The Morgan fingerprint density at radius 1 is 1.30 bits per heavy atom. The number of para-hydroxylation sites is 1. The summed E-state index contributed by atoms with van der Waals surface area (Å²) >= 11 is 1.94. The van der Waals surface area contributed by atoms with Gasteiger partial charge in [0.05, 0.1) is 16.7 Å². The zero-order valence-electron chi connectivity index (χ0n) is 13.9. The standard InChI is InChI=1S/C18H25N3OS/c1-12-4-3-5-15-17(12)20-16(21-18(15)22)11-23-14-8-6-13(7-9-14)10-19-2/h3-5,13-14,19H,6-11H2,1-2H3,(H,20,21,22)/t13-,14-. The number of fused-ring (bicyclic) bond motifs is 1. The molecule has 1 aliphatic rings. The van der Waals surface area contributed by atoms with Crippen molar-refractivity contribution in [2.24, 2.45) is 5.92 Å². The van der Waals surface area contributed by atoms with Gasteiger partial charge in [0.25, 0.3) is 5.56 Å². The van der Waals surface area contributed by atoms with Crippen LogP contribution >= 0.6 is 11.8 Å². The molecular formula is C18H25N3OS. The molecule has 0 bridgehead atoms. The molecule has 1 aromatic carbocycles. The molecule has 124 valence electrons. The molecule has 0 radical (unpaired) electrons. The van der Waals surface area contributed by atoms with Crippen LogP contribution in [0.2, 0.25) is 0 Å². The zero-order valence-corrected chi connectivity index (χ0v) is 14.7. The van der Waals surface area contributed by atoms with Crippen molar-refractivity contribution in [2.45, 2.75) is 43.6 Å². The van der Waals surface area contributed by atoms with E-state index in [1.807, 2.05) is 43.9 Å². The van der Waals surface area contributed by atoms with Gasteiger partial charge in [-0.3, -0.25) is 4.79 Å². The molecule has 2 aromatic rings. The van der Waals surface area contributed by atoms with E-state index >= 15 is 0 Å². The molecule has 0 amide bonds. The minimum atomic E-state index is -0.0213. The molecular weight excluding hydrogens is 306 g/mol. The second-order valence-corrected chi connectivity index (χ2v) is 7.78. The zero-order chi connectivity index (χ0) is 16.2. The monoisotopic (exact) mass is 331 g/mol. The summed E-state index contributed by atoms with van der Waals surface area (Å²) in [5, 5.41) is 4.66. The topological polar surface area (TPSA) is 57.8 Å². The smallest absolute Gasteiger partial charge is 0.258 e. The van der Waals surface area contributed by atoms with Crippen molar-refractivity contribution >= 4 is 22.7 Å². The number of benzene rings is 1. The van der Waals surface area contributed by atoms with Crippen molar-refractivity contribution in [3.63, 3.8) is 0 Å². The third-order valence-corrected chi connectivity index (χ3v) is 6.11. The molecule has 0 saturated heterocycles. The lowest BCUT2D eigenvalue weighted by Gasteiger charge is -2.27. The van der Waals surface area contributed by atoms with Gasteiger partial charge >= 0.3 is 0 Å². The molecule has 1 fully saturated rings. The van der Waals surface area contributed by atoms with Crippen LogP contribution in [0.3, 0.4) is 0 Å². The van der Waals surface area contributed by atoms with Gasteiger partial charge in [0.1, 0.15) is 5.82 Å². The molecule has 1 heterocycles. The van der Waals surface area contributed by atoms with Crippen molar-refractivity contribution in [3.05, 3.63) is 39.9 Å². The lowest BCUT2D eigenvalue weighted by Crippen LogP contribution is -2.25. The first-order valence-electron chi connectivity index (χ1n) is 8.42. The Hall–Kier alpha value is -1.33. The van der Waals surface area contributed by atoms with Gasteiger partial charge in [-0.25, -0.2) is 4.98 Å². The van der Waals surface area contributed by atoms with E-state index in [-0.39, 0.29) is 5.56 Å². The first-order chi connectivity index (χ1) is 11.2. The van der Waals surface area contributed by atoms with Gasteiger partial charge in [-0.05, 0) is 63.7 Å². The molecule has 3 rings (SSSR count). The third kappa shape index (κ3) is 3.96. The average molecular weight is 331 g/mol. The number of thioether (sulfide) groups is 1. The predicted octanol–water partition coefficient (Wildman–Crippen LogP) is 3.24. The summed E-state index contributed by atoms with van der Waals surface area (Å²) in [7, 11) is 2.03. The SMILES string of the molecule is CNC[C@H]1CC[C@H](SCc2nc3c(C)cccc3c(=O)[nH]2)CC1. The number of aromatic nitrogens is 2. The molecule has 0 unspecified atom stereocenters. The maximum absolute atomic E-state index is 12.2. The lowest BCUT2D eigenvalue weighted by atomic mass is 9.89. The fourth-order valence-corrected chi connectivity index (χ4v) is 4.54. The highest BCUT2D eigenvalue weighted by molar-refractivity contribution is 7.99. The minimum absolute atomic E-state index is 0.0213. The number of hydrogen-bond donors (Lipinski definition) is 2. The van der Waals surface area contributed by atoms with Crippen molar-refractivity contribution in [3.8, 4) is 0 Å². The van der Waals surface area contributed by atoms with Crippen LogP contribution in [0, 0.1) is 12.8 Å². The van der Waals surface area contributed by atoms with Crippen LogP contribution in [0.15, 0.2) is 23.0 Å². The summed E-state index contributed by atoms with van der Waals surface area (Å²) in [6.45, 7) is 3.14. The summed E-state index contributed by atoms with van der Waals surface area (Å²) in [5.74, 6) is 2.43. The molecule has 0 atom stereocenters. The predicted molar refractivity (Wildman–Crippen MR) is 98.1 cm³/mol. The van der Waals surface area contributed by atoms with Crippen LogP contribution in [-0.2, 0) is 5.75 Å². The second-order valence-electron chi connectivity index (χ2n) is 6.50. The first kappa shape index (κ1) is 16.5. The fraction of sp³-hybridized carbons (Fsp3) is 0.556. The number of H-pyrrole nitrogens is 1. The van der Waals surface area contributed by atoms with Gasteiger partial charge < -0.3 is 10.3 Å². The number of hydrogen-bond acceptors (Lipinski definition) is 4. The first-order valence-corrected chi connectivity index (χ1v) is 9.47. The van der Waals surface area contributed by atoms with Gasteiger partial charge in [-0.2, -0.15) is 11.8 Å². The Morgan fingerprint density at radius 3 is 2.83 bits per heavy atom. The van der Waals surface area contributed by atoms with Gasteiger partial charge in [0, 0.05) is 5.25 Å². The molecule has 0 aliphatic heterocycles. The maximum atomic E-state index is 12.2. The Morgan fingerprint density at radius 2 is 2.09 bits per heavy atom. The highest BCUT2D eigenvalue weighted by Crippen LogP contribution is 2.32. The molecule has 1 saturated carbocycles. The van der Waals surface area contributed by atoms with E-state index in [1.54, 1.807) is 0 Å². The number of rotatable bonds is 5. The summed E-state index contributed by atoms with van der Waals surface area (Å²) in [4.78, 5) is 19.8. The Bertz CT molecular complexity index is 720. The van der Waals surface area contributed by atoms with Gasteiger partial charge in [-0.1, -0.05) is 12.1 Å². The third-order valence-electron chi connectivity index (χ3n) is 4.73. The van der Waals surface area contributed by atoms with E-state index in [2.05, 4.69) is 15.3 Å². The minimum Gasteiger partial charge on any atom is -0.319 e. The van der Waals surface area contributed by atoms with Crippen LogP contribution in [-0.4, -0.2) is 28.8 Å². The number of nitrogens with zero attached hydrogens (tertiary/aromatic N) is 1. The molecule has 23 heavy (non-hydrogen) atoms. The summed E-state index contributed by atoms with van der Waals surface area (Å²) < 4.78 is 0. The maximum Gasteiger partial charge on any atom is 0.258 e. The van der Waals surface area contributed by atoms with Crippen molar-refractivity contribution in [1.29, 1.82) is 0 Å². The van der Waals surface area contributed by atoms with Gasteiger partial charge in [-0.15, -0.1) is 0 Å². The van der Waals surface area contributed by atoms with Crippen molar-refractivity contribution in [1.82, 2.24) is 15.3 Å². The largest absolute Gasteiger partial charge is 0.319 e. The van der Waals surface area contributed by atoms with Crippen molar-refractivity contribution < 1.29 is 0 Å². The van der Waals surface area contributed by atoms with E-state index in [4.69, 9.17) is 0 Å². The Kier molecular flexibility index (Phi) is 5.38. The summed E-state index contributed by atoms with van der Waals surface area (Å²) in [6, 6.07) is 5.76. The lowest BCUT2D eigenvalue weighted by molar-refractivity contribution is 0.356. The summed E-state index contributed by atoms with van der Waals surface area (Å²) in [5.41, 5.74) is 1.88. The van der Waals surface area contributed by atoms with E-state index < -0.39 is 0 Å². The van der Waals surface area contributed by atoms with E-state index in [9.17, 15) is 4.79 Å². The Balaban J connectivity index is 1.64. The van der Waals surface area contributed by atoms with Gasteiger partial charge in [0.2, 0.25) is 0 Å². The van der Waals surface area contributed by atoms with Gasteiger partial charge in [0.15, 0.2) is 0 Å². The normalized spacial score (nSPS) is 21.7. The van der Waals surface area contributed by atoms with E-state index in [0.717, 1.165) is 35.1 Å². The highest BCUT2D eigenvalue weighted by Gasteiger charge is 2.21.